The second-order valence-electron chi connectivity index (χ2n) is 8.71. The summed E-state index contributed by atoms with van der Waals surface area (Å²) in [5.74, 6) is 2.71. The number of nitrogens with zero attached hydrogens (tertiary/aromatic N) is 4. The number of benzene rings is 1. The Morgan fingerprint density at radius 1 is 1.12 bits per heavy atom. The average molecular weight is 510 g/mol. The largest absolute Gasteiger partial charge is 0.496 e. The number of aromatic nitrogens is 4. The van der Waals surface area contributed by atoms with Crippen LogP contribution in [0.2, 0.25) is 0 Å². The molecule has 11 nitrogen and oxygen atoms in total. The van der Waals surface area contributed by atoms with Crippen molar-refractivity contribution in [2.75, 3.05) is 23.3 Å². The number of anilines is 1. The van der Waals surface area contributed by atoms with Crippen LogP contribution in [0.5, 0.6) is 5.75 Å². The van der Waals surface area contributed by atoms with Crippen LogP contribution in [0.1, 0.15) is 25.7 Å². The highest BCUT2D eigenvalue weighted by Gasteiger charge is 2.40. The van der Waals surface area contributed by atoms with Crippen molar-refractivity contribution in [3.63, 3.8) is 0 Å². The molecule has 3 aromatic rings. The number of aryl methyl sites for hydroxylation is 1. The predicted octanol–water partition coefficient (Wildman–Crippen LogP) is 1.86. The molecule has 0 amide bonds. The number of nitrogens with one attached hydrogen (secondary N) is 1. The molecule has 0 radical (unpaired) electrons. The molecule has 13 heteroatoms. The molecule has 2 aliphatic carbocycles. The van der Waals surface area contributed by atoms with Crippen LogP contribution in [0.15, 0.2) is 29.2 Å². The molecule has 2 fully saturated rings. The number of aromatic amines is 1. The van der Waals surface area contributed by atoms with Gasteiger partial charge in [0.1, 0.15) is 17.0 Å². The third-order valence-electron chi connectivity index (χ3n) is 6.07. The Balaban J connectivity index is 0.000000388. The van der Waals surface area contributed by atoms with Crippen molar-refractivity contribution in [2.24, 2.45) is 18.9 Å². The summed E-state index contributed by atoms with van der Waals surface area (Å²) in [6.45, 7) is 0. The van der Waals surface area contributed by atoms with Gasteiger partial charge in [-0.1, -0.05) is 19.3 Å². The average Bonchev–Trinajstić information content (AvgIpc) is 3.14. The van der Waals surface area contributed by atoms with Gasteiger partial charge in [-0.2, -0.15) is 8.81 Å². The predicted molar refractivity (Wildman–Crippen MR) is 129 cm³/mol. The van der Waals surface area contributed by atoms with Gasteiger partial charge in [-0.25, -0.2) is 21.8 Å². The first kappa shape index (κ1) is 24.2. The summed E-state index contributed by atoms with van der Waals surface area (Å²) < 4.78 is 54.9. The van der Waals surface area contributed by atoms with Gasteiger partial charge in [0.25, 0.3) is 5.56 Å². The van der Waals surface area contributed by atoms with E-state index in [2.05, 4.69) is 15.1 Å². The van der Waals surface area contributed by atoms with Gasteiger partial charge < -0.3 is 9.72 Å². The molecule has 2 aromatic heterocycles. The zero-order valence-corrected chi connectivity index (χ0v) is 21.0. The maximum Gasteiger partial charge on any atom is 0.262 e. The van der Waals surface area contributed by atoms with Crippen molar-refractivity contribution < 1.29 is 21.6 Å². The zero-order chi connectivity index (χ0) is 24.8. The summed E-state index contributed by atoms with van der Waals surface area (Å²) in [4.78, 5) is 19.2. The molecule has 1 aromatic carbocycles. The van der Waals surface area contributed by atoms with Crippen LogP contribution < -0.4 is 14.0 Å². The normalized spacial score (nSPS) is 19.3. The molecule has 0 spiro atoms. The number of hydrogen-bond acceptors (Lipinski definition) is 8. The van der Waals surface area contributed by atoms with Crippen molar-refractivity contribution in [1.29, 1.82) is 0 Å². The Labute approximate surface area is 197 Å². The highest BCUT2D eigenvalue weighted by molar-refractivity contribution is 8.09. The van der Waals surface area contributed by atoms with Crippen LogP contribution in [0.3, 0.4) is 0 Å². The summed E-state index contributed by atoms with van der Waals surface area (Å²) in [5.41, 5.74) is 0.148. The second kappa shape index (κ2) is 8.69. The molecule has 1 N–H and O–H groups in total. The van der Waals surface area contributed by atoms with E-state index in [1.807, 2.05) is 0 Å². The van der Waals surface area contributed by atoms with Crippen molar-refractivity contribution in [3.8, 4) is 17.1 Å². The summed E-state index contributed by atoms with van der Waals surface area (Å²) in [5, 5.41) is 4.30. The molecule has 2 heterocycles. The highest BCUT2D eigenvalue weighted by Crippen LogP contribution is 2.51. The topological polar surface area (TPSA) is 144 Å². The van der Waals surface area contributed by atoms with Crippen LogP contribution in [0.25, 0.3) is 22.4 Å². The van der Waals surface area contributed by atoms with Gasteiger partial charge in [-0.3, -0.25) is 9.48 Å². The summed E-state index contributed by atoms with van der Waals surface area (Å²) in [7, 11) is -5.25. The van der Waals surface area contributed by atoms with Gasteiger partial charge in [0.2, 0.25) is 20.0 Å². The van der Waals surface area contributed by atoms with Crippen molar-refractivity contribution in [2.45, 2.75) is 25.7 Å². The SMILES string of the molecule is C1CC2CC2C1.COc1cc(N(S(C)(=O)=O)S(C)(=O)=O)ccc1-c1nc2c(cnn2C)c(=O)[nH]1. The summed E-state index contributed by atoms with van der Waals surface area (Å²) in [6.07, 6.45) is 9.19. The van der Waals surface area contributed by atoms with E-state index in [1.165, 1.54) is 54.4 Å². The summed E-state index contributed by atoms with van der Waals surface area (Å²) >= 11 is 0. The summed E-state index contributed by atoms with van der Waals surface area (Å²) in [6, 6.07) is 3.94. The smallest absolute Gasteiger partial charge is 0.262 e. The van der Waals surface area contributed by atoms with Crippen molar-refractivity contribution in [1.82, 2.24) is 19.7 Å². The third kappa shape index (κ3) is 4.80. The van der Waals surface area contributed by atoms with E-state index in [0.29, 0.717) is 20.3 Å². The molecule has 2 saturated carbocycles. The zero-order valence-electron chi connectivity index (χ0n) is 19.3. The van der Waals surface area contributed by atoms with E-state index < -0.39 is 25.6 Å². The first-order valence-corrected chi connectivity index (χ1v) is 14.4. The molecule has 5 rings (SSSR count). The minimum atomic E-state index is -4.11. The van der Waals surface area contributed by atoms with E-state index in [0.717, 1.165) is 12.5 Å². The Kier molecular flexibility index (Phi) is 6.19. The molecule has 2 aliphatic rings. The van der Waals surface area contributed by atoms with Crippen LogP contribution in [0.4, 0.5) is 5.69 Å². The molecule has 34 heavy (non-hydrogen) atoms. The maximum absolute atomic E-state index is 12.3. The molecular weight excluding hydrogens is 482 g/mol. The van der Waals surface area contributed by atoms with E-state index >= 15 is 0 Å². The molecule has 2 unspecified atom stereocenters. The van der Waals surface area contributed by atoms with Crippen LogP contribution >= 0.6 is 0 Å². The van der Waals surface area contributed by atoms with Gasteiger partial charge >= 0.3 is 0 Å². The molecule has 0 bridgehead atoms. The standard InChI is InChI=1S/C15H17N5O6S2.C6H10/c1-19-14-11(8-16-19)15(21)18-13(17-14)10-6-5-9(7-12(10)26-2)20(27(3,22)23)28(4,24)25;1-2-5-4-6(5)3-1/h5-8H,1-4H3,(H,17,18,21);5-6H,1-4H2. The molecule has 2 atom stereocenters. The number of rotatable bonds is 5. The van der Waals surface area contributed by atoms with Crippen LogP contribution in [-0.4, -0.2) is 56.2 Å². The lowest BCUT2D eigenvalue weighted by molar-refractivity contribution is 0.416. The first-order valence-electron chi connectivity index (χ1n) is 10.7. The monoisotopic (exact) mass is 509 g/mol. The first-order chi connectivity index (χ1) is 15.9. The van der Waals surface area contributed by atoms with Crippen LogP contribution in [-0.2, 0) is 27.1 Å². The van der Waals surface area contributed by atoms with Gasteiger partial charge in [-0.05, 0) is 30.4 Å². The molecule has 0 aliphatic heterocycles. The van der Waals surface area contributed by atoms with E-state index in [1.54, 1.807) is 26.3 Å². The Bertz CT molecular complexity index is 1470. The fraction of sp³-hybridized carbons (Fsp3) is 0.476. The third-order valence-corrected chi connectivity index (χ3v) is 9.33. The lowest BCUT2D eigenvalue weighted by Gasteiger charge is -2.21. The molecule has 0 saturated heterocycles. The van der Waals surface area contributed by atoms with Gasteiger partial charge in [0.15, 0.2) is 5.65 Å². The molecule has 184 valence electrons. The number of methoxy groups -OCH3 is 1. The Morgan fingerprint density at radius 3 is 2.26 bits per heavy atom. The van der Waals surface area contributed by atoms with Crippen LogP contribution in [0, 0.1) is 11.8 Å². The lowest BCUT2D eigenvalue weighted by Crippen LogP contribution is -2.35. The fourth-order valence-corrected chi connectivity index (χ4v) is 7.40. The lowest BCUT2D eigenvalue weighted by atomic mass is 10.1. The number of hydrogen-bond donors (Lipinski definition) is 1. The highest BCUT2D eigenvalue weighted by atomic mass is 32.3. The van der Waals surface area contributed by atoms with Gasteiger partial charge in [0, 0.05) is 13.1 Å². The maximum atomic E-state index is 12.3. The number of H-pyrrole nitrogens is 1. The second-order valence-corrected chi connectivity index (χ2v) is 12.6. The minimum absolute atomic E-state index is 0.125. The van der Waals surface area contributed by atoms with Crippen molar-refractivity contribution in [3.05, 3.63) is 34.7 Å². The van der Waals surface area contributed by atoms with Gasteiger partial charge in [0.05, 0.1) is 37.1 Å². The quantitative estimate of drug-likeness (QED) is 0.549. The van der Waals surface area contributed by atoms with E-state index in [9.17, 15) is 21.6 Å². The fourth-order valence-electron chi connectivity index (χ4n) is 4.44. The minimum Gasteiger partial charge on any atom is -0.496 e. The Morgan fingerprint density at radius 2 is 1.76 bits per heavy atom. The van der Waals surface area contributed by atoms with E-state index in [-0.39, 0.29) is 17.3 Å². The Hall–Kier alpha value is -2.93. The van der Waals surface area contributed by atoms with E-state index in [4.69, 9.17) is 4.74 Å². The van der Waals surface area contributed by atoms with Gasteiger partial charge in [-0.15, -0.1) is 0 Å². The molecular formula is C21H27N5O6S2. The number of fused-ring (bicyclic) bond motifs is 2. The number of ether oxygens (including phenoxy) is 1. The van der Waals surface area contributed by atoms with Crippen molar-refractivity contribution >= 4 is 36.8 Å². The number of sulfonamides is 2.